The van der Waals surface area contributed by atoms with Gasteiger partial charge in [-0.3, -0.25) is 9.69 Å². The molecule has 0 bridgehead atoms. The minimum atomic E-state index is 0.160. The molecular formula is C10H14N2OS. The highest BCUT2D eigenvalue weighted by atomic mass is 32.1. The van der Waals surface area contributed by atoms with Gasteiger partial charge in [0.1, 0.15) is 5.69 Å². The molecule has 0 atom stereocenters. The van der Waals surface area contributed by atoms with E-state index in [4.69, 9.17) is 0 Å². The number of nitrogens with zero attached hydrogens (tertiary/aromatic N) is 2. The van der Waals surface area contributed by atoms with E-state index < -0.39 is 0 Å². The van der Waals surface area contributed by atoms with Gasteiger partial charge in [-0.2, -0.15) is 4.37 Å². The molecule has 0 N–H and O–H groups in total. The Morgan fingerprint density at radius 2 is 2.21 bits per heavy atom. The molecule has 76 valence electrons. The smallest absolute Gasteiger partial charge is 0.196 e. The molecule has 0 aliphatic carbocycles. The summed E-state index contributed by atoms with van der Waals surface area (Å²) < 4.78 is 4.05. The first kappa shape index (κ1) is 9.80. The van der Waals surface area contributed by atoms with E-state index in [1.165, 1.54) is 30.8 Å². The summed E-state index contributed by atoms with van der Waals surface area (Å²) in [5, 5.41) is 1.85. The van der Waals surface area contributed by atoms with Crippen molar-refractivity contribution < 1.29 is 4.79 Å². The molecule has 3 nitrogen and oxygen atoms in total. The molecule has 0 unspecified atom stereocenters. The first-order valence-electron chi connectivity index (χ1n) is 5.02. The van der Waals surface area contributed by atoms with Crippen LogP contribution in [-0.2, 0) is 0 Å². The molecule has 0 aromatic carbocycles. The second-order valence-electron chi connectivity index (χ2n) is 3.64. The van der Waals surface area contributed by atoms with Crippen LogP contribution in [0.5, 0.6) is 0 Å². The van der Waals surface area contributed by atoms with Crippen LogP contribution in [0.25, 0.3) is 0 Å². The highest BCUT2D eigenvalue weighted by Crippen LogP contribution is 2.10. The van der Waals surface area contributed by atoms with Crippen molar-refractivity contribution in [2.24, 2.45) is 0 Å². The lowest BCUT2D eigenvalue weighted by molar-refractivity contribution is 0.0912. The number of rotatable bonds is 3. The monoisotopic (exact) mass is 210 g/mol. The van der Waals surface area contributed by atoms with E-state index in [9.17, 15) is 4.79 Å². The van der Waals surface area contributed by atoms with Crippen molar-refractivity contribution in [3.05, 3.63) is 17.1 Å². The van der Waals surface area contributed by atoms with Gasteiger partial charge >= 0.3 is 0 Å². The van der Waals surface area contributed by atoms with Gasteiger partial charge in [0.05, 0.1) is 6.54 Å². The molecule has 14 heavy (non-hydrogen) atoms. The summed E-state index contributed by atoms with van der Waals surface area (Å²) in [5.41, 5.74) is 0.626. The van der Waals surface area contributed by atoms with Gasteiger partial charge < -0.3 is 0 Å². The van der Waals surface area contributed by atoms with Crippen molar-refractivity contribution in [3.8, 4) is 0 Å². The first-order valence-corrected chi connectivity index (χ1v) is 5.86. The number of Topliss-reactive ketones (excluding diaryl/α,β-unsaturated/α-hetero) is 1. The van der Waals surface area contributed by atoms with Crippen molar-refractivity contribution in [1.29, 1.82) is 0 Å². The fourth-order valence-electron chi connectivity index (χ4n) is 1.76. The van der Waals surface area contributed by atoms with E-state index in [2.05, 4.69) is 9.27 Å². The molecule has 0 radical (unpaired) electrons. The van der Waals surface area contributed by atoms with Crippen LogP contribution in [0, 0.1) is 0 Å². The normalized spacial score (nSPS) is 18.3. The second-order valence-corrected chi connectivity index (χ2v) is 4.31. The number of hydrogen-bond acceptors (Lipinski definition) is 4. The van der Waals surface area contributed by atoms with Gasteiger partial charge in [-0.1, -0.05) is 6.42 Å². The average molecular weight is 210 g/mol. The fraction of sp³-hybridized carbons (Fsp3) is 0.600. The molecule has 1 fully saturated rings. The molecular weight excluding hydrogens is 196 g/mol. The highest BCUT2D eigenvalue weighted by molar-refractivity contribution is 7.03. The van der Waals surface area contributed by atoms with Crippen molar-refractivity contribution in [2.75, 3.05) is 19.6 Å². The highest BCUT2D eigenvalue weighted by Gasteiger charge is 2.15. The van der Waals surface area contributed by atoms with E-state index in [0.717, 1.165) is 13.1 Å². The molecule has 2 rings (SSSR count). The zero-order chi connectivity index (χ0) is 9.80. The number of aromatic nitrogens is 1. The number of hydrogen-bond donors (Lipinski definition) is 0. The summed E-state index contributed by atoms with van der Waals surface area (Å²) in [6, 6.07) is 1.80. The topological polar surface area (TPSA) is 33.2 Å². The van der Waals surface area contributed by atoms with Crippen LogP contribution in [0.1, 0.15) is 29.8 Å². The summed E-state index contributed by atoms with van der Waals surface area (Å²) in [7, 11) is 0. The number of likely N-dealkylation sites (tertiary alicyclic amines) is 1. The summed E-state index contributed by atoms with van der Waals surface area (Å²) in [4.78, 5) is 13.9. The molecule has 0 spiro atoms. The number of ketones is 1. The number of carbonyl (C=O) groups is 1. The molecule has 1 aromatic rings. The SMILES string of the molecule is O=C(CN1CCCCC1)c1ccsn1. The van der Waals surface area contributed by atoms with Crippen molar-refractivity contribution in [1.82, 2.24) is 9.27 Å². The number of piperidine rings is 1. The predicted molar refractivity (Wildman–Crippen MR) is 56.7 cm³/mol. The van der Waals surface area contributed by atoms with Gasteiger partial charge in [0.15, 0.2) is 5.78 Å². The fourth-order valence-corrected chi connectivity index (χ4v) is 2.28. The third-order valence-corrected chi connectivity index (χ3v) is 3.10. The van der Waals surface area contributed by atoms with Crippen LogP contribution in [0.4, 0.5) is 0 Å². The third kappa shape index (κ3) is 2.39. The van der Waals surface area contributed by atoms with Crippen molar-refractivity contribution in [3.63, 3.8) is 0 Å². The van der Waals surface area contributed by atoms with E-state index in [0.29, 0.717) is 12.2 Å². The third-order valence-electron chi connectivity index (χ3n) is 2.54. The summed E-state index contributed by atoms with van der Waals surface area (Å²) in [5.74, 6) is 0.160. The van der Waals surface area contributed by atoms with Crippen molar-refractivity contribution >= 4 is 17.3 Å². The van der Waals surface area contributed by atoms with Gasteiger partial charge in [0, 0.05) is 5.38 Å². The zero-order valence-corrected chi connectivity index (χ0v) is 8.92. The zero-order valence-electron chi connectivity index (χ0n) is 8.11. The maximum atomic E-state index is 11.7. The minimum Gasteiger partial charge on any atom is -0.296 e. The molecule has 0 amide bonds. The van der Waals surface area contributed by atoms with Crippen LogP contribution < -0.4 is 0 Å². The lowest BCUT2D eigenvalue weighted by Gasteiger charge is -2.25. The summed E-state index contributed by atoms with van der Waals surface area (Å²) in [6.45, 7) is 2.68. The van der Waals surface area contributed by atoms with E-state index in [1.807, 2.05) is 5.38 Å². The van der Waals surface area contributed by atoms with Crippen LogP contribution in [0.15, 0.2) is 11.4 Å². The van der Waals surface area contributed by atoms with Gasteiger partial charge in [-0.05, 0) is 43.5 Å². The Kier molecular flexibility index (Phi) is 3.26. The van der Waals surface area contributed by atoms with Gasteiger partial charge in [0.25, 0.3) is 0 Å². The van der Waals surface area contributed by atoms with Crippen molar-refractivity contribution in [2.45, 2.75) is 19.3 Å². The molecule has 4 heteroatoms. The Morgan fingerprint density at radius 1 is 1.43 bits per heavy atom. The molecule has 0 saturated carbocycles. The quantitative estimate of drug-likeness (QED) is 0.713. The number of carbonyl (C=O) groups excluding carboxylic acids is 1. The van der Waals surface area contributed by atoms with E-state index >= 15 is 0 Å². The Labute approximate surface area is 87.9 Å². The van der Waals surface area contributed by atoms with Gasteiger partial charge in [-0.15, -0.1) is 0 Å². The van der Waals surface area contributed by atoms with E-state index in [-0.39, 0.29) is 5.78 Å². The lowest BCUT2D eigenvalue weighted by Crippen LogP contribution is -2.34. The van der Waals surface area contributed by atoms with Crippen LogP contribution >= 0.6 is 11.5 Å². The predicted octanol–water partition coefficient (Wildman–Crippen LogP) is 1.81. The Bertz CT molecular complexity index is 291. The second kappa shape index (κ2) is 4.66. The Balaban J connectivity index is 1.87. The van der Waals surface area contributed by atoms with Crippen LogP contribution in [0.2, 0.25) is 0 Å². The largest absolute Gasteiger partial charge is 0.296 e. The van der Waals surface area contributed by atoms with Crippen LogP contribution in [0.3, 0.4) is 0 Å². The van der Waals surface area contributed by atoms with Gasteiger partial charge in [-0.25, -0.2) is 0 Å². The van der Waals surface area contributed by atoms with Crippen LogP contribution in [-0.4, -0.2) is 34.7 Å². The molecule has 1 saturated heterocycles. The molecule has 1 aliphatic heterocycles. The lowest BCUT2D eigenvalue weighted by atomic mass is 10.1. The standard InChI is InChI=1S/C10H14N2OS/c13-10(9-4-7-14-11-9)8-12-5-2-1-3-6-12/h4,7H,1-3,5-6,8H2. The summed E-state index contributed by atoms with van der Waals surface area (Å²) in [6.07, 6.45) is 3.76. The molecule has 2 heterocycles. The maximum Gasteiger partial charge on any atom is 0.196 e. The van der Waals surface area contributed by atoms with Gasteiger partial charge in [0.2, 0.25) is 0 Å². The molecule has 1 aromatic heterocycles. The Hall–Kier alpha value is -0.740. The minimum absolute atomic E-state index is 0.160. The maximum absolute atomic E-state index is 11.7. The average Bonchev–Trinajstić information content (AvgIpc) is 2.72. The molecule has 1 aliphatic rings. The summed E-state index contributed by atoms with van der Waals surface area (Å²) >= 11 is 1.34. The van der Waals surface area contributed by atoms with E-state index in [1.54, 1.807) is 6.07 Å². The first-order chi connectivity index (χ1) is 6.86. The Morgan fingerprint density at radius 3 is 2.86 bits per heavy atom.